The van der Waals surface area contributed by atoms with E-state index in [1.54, 1.807) is 4.31 Å². The van der Waals surface area contributed by atoms with Gasteiger partial charge in [0.25, 0.3) is 0 Å². The smallest absolute Gasteiger partial charge is 0.214 e. The molecule has 0 aromatic rings. The number of rotatable bonds is 8. The molecule has 0 aromatic carbocycles. The maximum atomic E-state index is 12.5. The summed E-state index contributed by atoms with van der Waals surface area (Å²) < 4.78 is 32.0. The molecule has 0 bridgehead atoms. The second-order valence-electron chi connectivity index (χ2n) is 5.43. The number of likely N-dealkylation sites (N-methyl/N-ethyl adjacent to an activating group) is 1. The Morgan fingerprint density at radius 3 is 2.32 bits per heavy atom. The summed E-state index contributed by atoms with van der Waals surface area (Å²) in [6.07, 6.45) is 3.29. The van der Waals surface area contributed by atoms with Gasteiger partial charge < -0.3 is 9.64 Å². The standard InChI is InChI=1S/C13H28N2O3S/c1-4-5-12-19(16,17)15(9-8-14(2)3)13-6-10-18-11-7-13/h13H,4-12H2,1-3H3. The average Bonchev–Trinajstić information content (AvgIpc) is 2.37. The predicted octanol–water partition coefficient (Wildman–Crippen LogP) is 1.16. The summed E-state index contributed by atoms with van der Waals surface area (Å²) in [4.78, 5) is 2.03. The molecule has 0 atom stereocenters. The van der Waals surface area contributed by atoms with Crippen LogP contribution in [0.2, 0.25) is 0 Å². The minimum Gasteiger partial charge on any atom is -0.381 e. The van der Waals surface area contributed by atoms with Crippen LogP contribution >= 0.6 is 0 Å². The molecule has 0 radical (unpaired) electrons. The van der Waals surface area contributed by atoms with Gasteiger partial charge in [-0.2, -0.15) is 4.31 Å². The molecule has 114 valence electrons. The van der Waals surface area contributed by atoms with Gasteiger partial charge in [-0.05, 0) is 33.4 Å². The summed E-state index contributed by atoms with van der Waals surface area (Å²) in [5.74, 6) is 0.272. The van der Waals surface area contributed by atoms with Crippen molar-refractivity contribution in [3.63, 3.8) is 0 Å². The molecule has 19 heavy (non-hydrogen) atoms. The van der Waals surface area contributed by atoms with E-state index in [1.165, 1.54) is 0 Å². The molecule has 0 unspecified atom stereocenters. The van der Waals surface area contributed by atoms with Crippen LogP contribution in [0.25, 0.3) is 0 Å². The maximum absolute atomic E-state index is 12.5. The monoisotopic (exact) mass is 292 g/mol. The first kappa shape index (κ1) is 16.9. The molecule has 5 nitrogen and oxygen atoms in total. The fraction of sp³-hybridized carbons (Fsp3) is 1.00. The van der Waals surface area contributed by atoms with Crippen molar-refractivity contribution >= 4 is 10.0 Å². The number of nitrogens with zero attached hydrogens (tertiary/aromatic N) is 2. The number of hydrogen-bond donors (Lipinski definition) is 0. The second kappa shape index (κ2) is 8.19. The van der Waals surface area contributed by atoms with E-state index in [0.717, 1.165) is 32.2 Å². The molecule has 0 aliphatic carbocycles. The van der Waals surface area contributed by atoms with Crippen molar-refractivity contribution in [1.29, 1.82) is 0 Å². The first-order valence-corrected chi connectivity index (χ1v) is 8.80. The van der Waals surface area contributed by atoms with Gasteiger partial charge in [0.15, 0.2) is 0 Å². The molecular weight excluding hydrogens is 264 g/mol. The highest BCUT2D eigenvalue weighted by molar-refractivity contribution is 7.89. The Balaban J connectivity index is 2.71. The van der Waals surface area contributed by atoms with Crippen LogP contribution in [-0.2, 0) is 14.8 Å². The zero-order valence-electron chi connectivity index (χ0n) is 12.5. The van der Waals surface area contributed by atoms with Crippen molar-refractivity contribution < 1.29 is 13.2 Å². The van der Waals surface area contributed by atoms with Gasteiger partial charge in [0.05, 0.1) is 5.75 Å². The van der Waals surface area contributed by atoms with Gasteiger partial charge in [-0.3, -0.25) is 0 Å². The van der Waals surface area contributed by atoms with Gasteiger partial charge in [-0.25, -0.2) is 8.42 Å². The van der Waals surface area contributed by atoms with Crippen molar-refractivity contribution in [1.82, 2.24) is 9.21 Å². The van der Waals surface area contributed by atoms with Crippen LogP contribution in [0.5, 0.6) is 0 Å². The Kier molecular flexibility index (Phi) is 7.28. The summed E-state index contributed by atoms with van der Waals surface area (Å²) in [5.41, 5.74) is 0. The molecule has 1 heterocycles. The van der Waals surface area contributed by atoms with Crippen molar-refractivity contribution in [2.45, 2.75) is 38.6 Å². The lowest BCUT2D eigenvalue weighted by molar-refractivity contribution is 0.0573. The summed E-state index contributed by atoms with van der Waals surface area (Å²) in [6, 6.07) is 0.121. The van der Waals surface area contributed by atoms with Crippen LogP contribution < -0.4 is 0 Å². The Morgan fingerprint density at radius 2 is 1.79 bits per heavy atom. The SMILES string of the molecule is CCCCS(=O)(=O)N(CCN(C)C)C1CCOCC1. The molecule has 0 aromatic heterocycles. The van der Waals surface area contributed by atoms with Crippen molar-refractivity contribution in [2.75, 3.05) is 46.2 Å². The third-order valence-corrected chi connectivity index (χ3v) is 5.48. The van der Waals surface area contributed by atoms with Gasteiger partial charge in [-0.15, -0.1) is 0 Å². The van der Waals surface area contributed by atoms with Crippen LogP contribution in [0.1, 0.15) is 32.6 Å². The maximum Gasteiger partial charge on any atom is 0.214 e. The number of unbranched alkanes of at least 4 members (excludes halogenated alkanes) is 1. The zero-order chi connectivity index (χ0) is 14.3. The van der Waals surface area contributed by atoms with Crippen LogP contribution in [-0.4, -0.2) is 69.8 Å². The third kappa shape index (κ3) is 5.77. The highest BCUT2D eigenvalue weighted by Gasteiger charge is 2.30. The van der Waals surface area contributed by atoms with E-state index in [0.29, 0.717) is 19.8 Å². The Labute approximate surface area is 118 Å². The van der Waals surface area contributed by atoms with Gasteiger partial charge in [-0.1, -0.05) is 13.3 Å². The molecule has 1 fully saturated rings. The molecule has 0 saturated carbocycles. The highest BCUT2D eigenvalue weighted by Crippen LogP contribution is 2.19. The minimum absolute atomic E-state index is 0.121. The van der Waals surface area contributed by atoms with Gasteiger partial charge in [0.1, 0.15) is 0 Å². The number of ether oxygens (including phenoxy) is 1. The van der Waals surface area contributed by atoms with E-state index in [4.69, 9.17) is 4.74 Å². The largest absolute Gasteiger partial charge is 0.381 e. The first-order chi connectivity index (χ1) is 8.97. The lowest BCUT2D eigenvalue weighted by atomic mass is 10.1. The normalized spacial score (nSPS) is 18.4. The van der Waals surface area contributed by atoms with Crippen molar-refractivity contribution in [2.24, 2.45) is 0 Å². The lowest BCUT2D eigenvalue weighted by Crippen LogP contribution is -2.47. The van der Waals surface area contributed by atoms with E-state index in [9.17, 15) is 8.42 Å². The molecule has 1 aliphatic rings. The van der Waals surface area contributed by atoms with Gasteiger partial charge in [0.2, 0.25) is 10.0 Å². The van der Waals surface area contributed by atoms with E-state index >= 15 is 0 Å². The van der Waals surface area contributed by atoms with Crippen LogP contribution in [0.4, 0.5) is 0 Å². The Morgan fingerprint density at radius 1 is 1.16 bits per heavy atom. The predicted molar refractivity (Wildman–Crippen MR) is 77.8 cm³/mol. The summed E-state index contributed by atoms with van der Waals surface area (Å²) in [6.45, 7) is 4.72. The summed E-state index contributed by atoms with van der Waals surface area (Å²) in [5, 5.41) is 0. The second-order valence-corrected chi connectivity index (χ2v) is 7.47. The molecule has 1 aliphatic heterocycles. The van der Waals surface area contributed by atoms with E-state index in [1.807, 2.05) is 25.9 Å². The van der Waals surface area contributed by atoms with E-state index in [-0.39, 0.29) is 11.8 Å². The molecule has 0 amide bonds. The third-order valence-electron chi connectivity index (χ3n) is 3.48. The van der Waals surface area contributed by atoms with Crippen LogP contribution in [0.15, 0.2) is 0 Å². The summed E-state index contributed by atoms with van der Waals surface area (Å²) in [7, 11) is 0.817. The van der Waals surface area contributed by atoms with E-state index in [2.05, 4.69) is 0 Å². The highest BCUT2D eigenvalue weighted by atomic mass is 32.2. The molecule has 0 spiro atoms. The van der Waals surface area contributed by atoms with Crippen LogP contribution in [0, 0.1) is 0 Å². The lowest BCUT2D eigenvalue weighted by Gasteiger charge is -2.34. The fourth-order valence-corrected chi connectivity index (χ4v) is 4.18. The molecule has 1 saturated heterocycles. The van der Waals surface area contributed by atoms with Crippen LogP contribution in [0.3, 0.4) is 0 Å². The number of hydrogen-bond acceptors (Lipinski definition) is 4. The van der Waals surface area contributed by atoms with E-state index < -0.39 is 10.0 Å². The molecule has 0 N–H and O–H groups in total. The molecule has 6 heteroatoms. The first-order valence-electron chi connectivity index (χ1n) is 7.19. The Bertz CT molecular complexity index is 338. The fourth-order valence-electron chi connectivity index (χ4n) is 2.26. The van der Waals surface area contributed by atoms with Gasteiger partial charge >= 0.3 is 0 Å². The van der Waals surface area contributed by atoms with Gasteiger partial charge in [0, 0.05) is 32.3 Å². The minimum atomic E-state index is -3.13. The quantitative estimate of drug-likeness (QED) is 0.673. The van der Waals surface area contributed by atoms with Crippen molar-refractivity contribution in [3.8, 4) is 0 Å². The molecular formula is C13H28N2O3S. The topological polar surface area (TPSA) is 49.9 Å². The molecule has 1 rings (SSSR count). The van der Waals surface area contributed by atoms with Crippen molar-refractivity contribution in [3.05, 3.63) is 0 Å². The number of sulfonamides is 1. The zero-order valence-corrected chi connectivity index (χ0v) is 13.3. The average molecular weight is 292 g/mol. The summed E-state index contributed by atoms with van der Waals surface area (Å²) >= 11 is 0. The Hall–Kier alpha value is -0.170.